The first-order valence-electron chi connectivity index (χ1n) is 9.06. The Bertz CT molecular complexity index is 752. The predicted molar refractivity (Wildman–Crippen MR) is 92.8 cm³/mol. The topological polar surface area (TPSA) is 9.23 Å². The minimum absolute atomic E-state index is 0.0213. The van der Waals surface area contributed by atoms with Gasteiger partial charge in [0.15, 0.2) is 17.5 Å². The lowest BCUT2D eigenvalue weighted by molar-refractivity contribution is 0.0361. The molecule has 1 fully saturated rings. The average molecular weight is 366 g/mol. The van der Waals surface area contributed by atoms with E-state index in [1.165, 1.54) is 12.1 Å². The van der Waals surface area contributed by atoms with Gasteiger partial charge in [0.05, 0.1) is 12.2 Å². The van der Waals surface area contributed by atoms with Crippen LogP contribution in [0, 0.1) is 23.3 Å². The molecule has 0 amide bonds. The molecule has 3 rings (SSSR count). The van der Waals surface area contributed by atoms with Crippen molar-refractivity contribution in [2.75, 3.05) is 0 Å². The van der Waals surface area contributed by atoms with Gasteiger partial charge in [0.1, 0.15) is 5.82 Å². The molecule has 0 spiro atoms. The molecule has 2 aromatic rings. The summed E-state index contributed by atoms with van der Waals surface area (Å²) in [5.41, 5.74) is 0.829. The Morgan fingerprint density at radius 2 is 1.54 bits per heavy atom. The molecule has 140 valence electrons. The highest BCUT2D eigenvalue weighted by molar-refractivity contribution is 5.64. The summed E-state index contributed by atoms with van der Waals surface area (Å²) in [4.78, 5) is 0. The SMILES string of the molecule is CCCC1CCC(CCc2ccc(-c3cc(F)c(F)c(F)c3)c(F)c2)O1. The summed E-state index contributed by atoms with van der Waals surface area (Å²) in [6.07, 6.45) is 6.32. The maximum Gasteiger partial charge on any atom is 0.194 e. The Kier molecular flexibility index (Phi) is 5.97. The van der Waals surface area contributed by atoms with Gasteiger partial charge in [-0.2, -0.15) is 0 Å². The van der Waals surface area contributed by atoms with Crippen LogP contribution in [-0.4, -0.2) is 12.2 Å². The number of benzene rings is 2. The molecule has 0 aromatic heterocycles. The van der Waals surface area contributed by atoms with Crippen LogP contribution in [0.3, 0.4) is 0 Å². The average Bonchev–Trinajstić information content (AvgIpc) is 3.05. The lowest BCUT2D eigenvalue weighted by Crippen LogP contribution is -2.11. The van der Waals surface area contributed by atoms with Crippen LogP contribution in [-0.2, 0) is 11.2 Å². The van der Waals surface area contributed by atoms with Crippen molar-refractivity contribution in [3.8, 4) is 11.1 Å². The molecule has 26 heavy (non-hydrogen) atoms. The van der Waals surface area contributed by atoms with E-state index in [1.807, 2.05) is 0 Å². The summed E-state index contributed by atoms with van der Waals surface area (Å²) in [5.74, 6) is -4.79. The van der Waals surface area contributed by atoms with Crippen LogP contribution in [0.1, 0.15) is 44.6 Å². The predicted octanol–water partition coefficient (Wildman–Crippen LogP) is 6.19. The van der Waals surface area contributed by atoms with Crippen LogP contribution in [0.25, 0.3) is 11.1 Å². The second kappa shape index (κ2) is 8.21. The fourth-order valence-electron chi connectivity index (χ4n) is 3.51. The molecule has 1 aliphatic rings. The third-order valence-electron chi connectivity index (χ3n) is 4.89. The molecule has 1 nitrogen and oxygen atoms in total. The third-order valence-corrected chi connectivity index (χ3v) is 4.89. The Balaban J connectivity index is 1.67. The minimum Gasteiger partial charge on any atom is -0.375 e. The smallest absolute Gasteiger partial charge is 0.194 e. The van der Waals surface area contributed by atoms with E-state index in [1.54, 1.807) is 6.07 Å². The highest BCUT2D eigenvalue weighted by Crippen LogP contribution is 2.29. The van der Waals surface area contributed by atoms with Gasteiger partial charge < -0.3 is 4.74 Å². The lowest BCUT2D eigenvalue weighted by atomic mass is 9.99. The van der Waals surface area contributed by atoms with E-state index < -0.39 is 23.3 Å². The van der Waals surface area contributed by atoms with Gasteiger partial charge in [0.25, 0.3) is 0 Å². The largest absolute Gasteiger partial charge is 0.375 e. The molecule has 1 heterocycles. The van der Waals surface area contributed by atoms with Crippen molar-refractivity contribution in [3.05, 3.63) is 59.2 Å². The first-order valence-corrected chi connectivity index (χ1v) is 9.06. The Labute approximate surface area is 151 Å². The van der Waals surface area contributed by atoms with Gasteiger partial charge in [-0.3, -0.25) is 0 Å². The second-order valence-electron chi connectivity index (χ2n) is 6.85. The Morgan fingerprint density at radius 1 is 0.885 bits per heavy atom. The van der Waals surface area contributed by atoms with Crippen molar-refractivity contribution >= 4 is 0 Å². The molecular formula is C21H22F4O. The highest BCUT2D eigenvalue weighted by Gasteiger charge is 2.24. The monoisotopic (exact) mass is 366 g/mol. The van der Waals surface area contributed by atoms with Crippen molar-refractivity contribution in [2.24, 2.45) is 0 Å². The number of ether oxygens (including phenoxy) is 1. The molecule has 1 saturated heterocycles. The highest BCUT2D eigenvalue weighted by atomic mass is 19.2. The quantitative estimate of drug-likeness (QED) is 0.437. The number of aryl methyl sites for hydroxylation is 1. The number of hydrogen-bond acceptors (Lipinski definition) is 1. The van der Waals surface area contributed by atoms with Gasteiger partial charge in [-0.1, -0.05) is 25.5 Å². The first-order chi connectivity index (χ1) is 12.5. The van der Waals surface area contributed by atoms with E-state index in [9.17, 15) is 17.6 Å². The van der Waals surface area contributed by atoms with Gasteiger partial charge in [-0.15, -0.1) is 0 Å². The molecule has 2 aromatic carbocycles. The van der Waals surface area contributed by atoms with E-state index in [0.29, 0.717) is 12.5 Å². The summed E-state index contributed by atoms with van der Waals surface area (Å²) < 4.78 is 60.2. The summed E-state index contributed by atoms with van der Waals surface area (Å²) in [5, 5.41) is 0. The van der Waals surface area contributed by atoms with Gasteiger partial charge in [-0.25, -0.2) is 17.6 Å². The maximum atomic E-state index is 14.4. The fraction of sp³-hybridized carbons (Fsp3) is 0.429. The number of hydrogen-bond donors (Lipinski definition) is 0. The maximum absolute atomic E-state index is 14.4. The van der Waals surface area contributed by atoms with Crippen molar-refractivity contribution < 1.29 is 22.3 Å². The lowest BCUT2D eigenvalue weighted by Gasteiger charge is -2.13. The molecule has 0 aliphatic carbocycles. The minimum atomic E-state index is -1.55. The van der Waals surface area contributed by atoms with Crippen LogP contribution in [0.15, 0.2) is 30.3 Å². The molecule has 1 aliphatic heterocycles. The van der Waals surface area contributed by atoms with Crippen molar-refractivity contribution in [1.29, 1.82) is 0 Å². The second-order valence-corrected chi connectivity index (χ2v) is 6.85. The summed E-state index contributed by atoms with van der Waals surface area (Å²) in [7, 11) is 0. The molecule has 5 heteroatoms. The molecule has 0 bridgehead atoms. The van der Waals surface area contributed by atoms with Crippen LogP contribution < -0.4 is 0 Å². The Hall–Kier alpha value is -1.88. The van der Waals surface area contributed by atoms with Gasteiger partial charge in [-0.05, 0) is 61.4 Å². The molecule has 0 saturated carbocycles. The fourth-order valence-corrected chi connectivity index (χ4v) is 3.51. The van der Waals surface area contributed by atoms with E-state index in [4.69, 9.17) is 4.74 Å². The first kappa shape index (κ1) is 18.9. The van der Waals surface area contributed by atoms with E-state index in [0.717, 1.165) is 49.8 Å². The summed E-state index contributed by atoms with van der Waals surface area (Å²) >= 11 is 0. The van der Waals surface area contributed by atoms with Gasteiger partial charge in [0.2, 0.25) is 0 Å². The van der Waals surface area contributed by atoms with Crippen molar-refractivity contribution in [3.63, 3.8) is 0 Å². The molecule has 2 unspecified atom stereocenters. The van der Waals surface area contributed by atoms with Crippen LogP contribution >= 0.6 is 0 Å². The van der Waals surface area contributed by atoms with Crippen molar-refractivity contribution in [1.82, 2.24) is 0 Å². The normalized spacial score (nSPS) is 19.9. The number of halogens is 4. The zero-order chi connectivity index (χ0) is 18.7. The third kappa shape index (κ3) is 4.26. The van der Waals surface area contributed by atoms with E-state index in [-0.39, 0.29) is 17.2 Å². The van der Waals surface area contributed by atoms with Gasteiger partial charge in [0, 0.05) is 5.56 Å². The van der Waals surface area contributed by atoms with Crippen LogP contribution in [0.2, 0.25) is 0 Å². The zero-order valence-corrected chi connectivity index (χ0v) is 14.7. The summed E-state index contributed by atoms with van der Waals surface area (Å²) in [6.45, 7) is 2.14. The molecular weight excluding hydrogens is 344 g/mol. The van der Waals surface area contributed by atoms with Crippen LogP contribution in [0.5, 0.6) is 0 Å². The standard InChI is InChI=1S/C21H22F4O/c1-2-3-15-7-8-16(26-15)6-4-13-5-9-17(18(22)10-13)14-11-19(23)21(25)20(24)12-14/h5,9-12,15-16H,2-4,6-8H2,1H3. The molecule has 0 radical (unpaired) electrons. The molecule has 2 atom stereocenters. The summed E-state index contributed by atoms with van der Waals surface area (Å²) in [6, 6.07) is 6.18. The zero-order valence-electron chi connectivity index (χ0n) is 14.7. The number of rotatable bonds is 6. The van der Waals surface area contributed by atoms with Gasteiger partial charge >= 0.3 is 0 Å². The van der Waals surface area contributed by atoms with Crippen LogP contribution in [0.4, 0.5) is 17.6 Å². The van der Waals surface area contributed by atoms with E-state index >= 15 is 0 Å². The van der Waals surface area contributed by atoms with Crippen molar-refractivity contribution in [2.45, 2.75) is 57.7 Å². The van der Waals surface area contributed by atoms with E-state index in [2.05, 4.69) is 6.92 Å². The Morgan fingerprint density at radius 3 is 2.15 bits per heavy atom. The molecule has 0 N–H and O–H groups in total.